The molecule has 35 heavy (non-hydrogen) atoms. The van der Waals surface area contributed by atoms with Crippen LogP contribution in [0.4, 0.5) is 0 Å². The molecule has 8 heteroatoms. The number of methoxy groups -OCH3 is 1. The monoisotopic (exact) mass is 488 g/mol. The van der Waals surface area contributed by atoms with Gasteiger partial charge in [-0.1, -0.05) is 60.3 Å². The van der Waals surface area contributed by atoms with Crippen LogP contribution in [0.2, 0.25) is 0 Å². The third-order valence-corrected chi connectivity index (χ3v) is 6.33. The Hall–Kier alpha value is -3.78. The van der Waals surface area contributed by atoms with Gasteiger partial charge in [0.1, 0.15) is 18.1 Å². The Bertz CT molecular complexity index is 1210. The van der Waals surface area contributed by atoms with Gasteiger partial charge in [0, 0.05) is 18.8 Å². The second-order valence-corrected chi connectivity index (χ2v) is 8.66. The molecule has 0 spiro atoms. The van der Waals surface area contributed by atoms with Crippen LogP contribution in [0.5, 0.6) is 11.5 Å². The summed E-state index contributed by atoms with van der Waals surface area (Å²) in [7, 11) is 1.63. The van der Waals surface area contributed by atoms with Crippen molar-refractivity contribution in [3.63, 3.8) is 0 Å². The Morgan fingerprint density at radius 2 is 1.57 bits per heavy atom. The molecule has 1 aromatic heterocycles. The fourth-order valence-electron chi connectivity index (χ4n) is 3.54. The molecule has 0 radical (unpaired) electrons. The SMILES string of the molecule is CCN(Cc1ccccc1)C(=O)CSc1nnc(COc2ccc(OC)cc2)n1-c1ccccc1. The Kier molecular flexibility index (Phi) is 8.40. The van der Waals surface area contributed by atoms with Gasteiger partial charge < -0.3 is 14.4 Å². The van der Waals surface area contributed by atoms with Crippen molar-refractivity contribution in [2.45, 2.75) is 25.2 Å². The standard InChI is InChI=1S/C27H28N4O3S/c1-3-30(18-21-10-6-4-7-11-21)26(32)20-35-27-29-28-25(31(27)22-12-8-5-9-13-22)19-34-24-16-14-23(33-2)15-17-24/h4-17H,3,18-20H2,1-2H3. The number of carbonyl (C=O) groups excluding carboxylic acids is 1. The first kappa shape index (κ1) is 24.3. The van der Waals surface area contributed by atoms with Crippen LogP contribution < -0.4 is 9.47 Å². The third-order valence-electron chi connectivity index (χ3n) is 5.42. The lowest BCUT2D eigenvalue weighted by Gasteiger charge is -2.21. The van der Waals surface area contributed by atoms with Crippen molar-refractivity contribution in [3.8, 4) is 17.2 Å². The average molecular weight is 489 g/mol. The summed E-state index contributed by atoms with van der Waals surface area (Å²) in [6.45, 7) is 3.45. The van der Waals surface area contributed by atoms with E-state index in [0.717, 1.165) is 17.0 Å². The number of nitrogens with zero attached hydrogens (tertiary/aromatic N) is 4. The molecule has 1 amide bonds. The lowest BCUT2D eigenvalue weighted by atomic mass is 10.2. The number of ether oxygens (including phenoxy) is 2. The van der Waals surface area contributed by atoms with Crippen LogP contribution in [-0.4, -0.2) is 45.0 Å². The molecule has 0 saturated carbocycles. The maximum absolute atomic E-state index is 13.0. The maximum atomic E-state index is 13.0. The van der Waals surface area contributed by atoms with Gasteiger partial charge in [-0.2, -0.15) is 0 Å². The summed E-state index contributed by atoms with van der Waals surface area (Å²) in [4.78, 5) is 14.8. The molecule has 0 aliphatic rings. The van der Waals surface area contributed by atoms with E-state index in [2.05, 4.69) is 10.2 Å². The van der Waals surface area contributed by atoms with Crippen molar-refractivity contribution in [3.05, 3.63) is 96.3 Å². The van der Waals surface area contributed by atoms with Gasteiger partial charge in [0.15, 0.2) is 11.0 Å². The number of rotatable bonds is 11. The lowest BCUT2D eigenvalue weighted by Crippen LogP contribution is -2.31. The highest BCUT2D eigenvalue weighted by Crippen LogP contribution is 2.24. The van der Waals surface area contributed by atoms with E-state index in [0.29, 0.717) is 29.8 Å². The molecule has 1 heterocycles. The van der Waals surface area contributed by atoms with Crippen molar-refractivity contribution in [1.29, 1.82) is 0 Å². The molecule has 0 aliphatic carbocycles. The molecule has 7 nitrogen and oxygen atoms in total. The summed E-state index contributed by atoms with van der Waals surface area (Å²) in [5.41, 5.74) is 2.02. The number of hydrogen-bond acceptors (Lipinski definition) is 6. The second-order valence-electron chi connectivity index (χ2n) is 7.72. The summed E-state index contributed by atoms with van der Waals surface area (Å²) >= 11 is 1.38. The van der Waals surface area contributed by atoms with Crippen LogP contribution >= 0.6 is 11.8 Å². The fourth-order valence-corrected chi connectivity index (χ4v) is 4.41. The molecule has 3 aromatic carbocycles. The highest BCUT2D eigenvalue weighted by molar-refractivity contribution is 7.99. The van der Waals surface area contributed by atoms with Crippen molar-refractivity contribution < 1.29 is 14.3 Å². The molecule has 0 N–H and O–H groups in total. The van der Waals surface area contributed by atoms with E-state index in [-0.39, 0.29) is 18.3 Å². The summed E-state index contributed by atoms with van der Waals surface area (Å²) < 4.78 is 13.1. The molecule has 4 aromatic rings. The Labute approximate surface area is 209 Å². The van der Waals surface area contributed by atoms with Gasteiger partial charge in [0.2, 0.25) is 5.91 Å². The number of para-hydroxylation sites is 1. The molecule has 0 fully saturated rings. The van der Waals surface area contributed by atoms with E-state index in [9.17, 15) is 4.79 Å². The number of hydrogen-bond donors (Lipinski definition) is 0. The number of thioether (sulfide) groups is 1. The number of carbonyl (C=O) groups is 1. The predicted molar refractivity (Wildman–Crippen MR) is 137 cm³/mol. The van der Waals surface area contributed by atoms with Crippen molar-refractivity contribution in [2.24, 2.45) is 0 Å². The predicted octanol–water partition coefficient (Wildman–Crippen LogP) is 5.00. The van der Waals surface area contributed by atoms with E-state index in [1.54, 1.807) is 7.11 Å². The van der Waals surface area contributed by atoms with Crippen LogP contribution in [0, 0.1) is 0 Å². The van der Waals surface area contributed by atoms with Crippen molar-refractivity contribution >= 4 is 17.7 Å². The number of amides is 1. The van der Waals surface area contributed by atoms with Gasteiger partial charge in [-0.15, -0.1) is 10.2 Å². The number of aromatic nitrogens is 3. The molecule has 0 atom stereocenters. The van der Waals surface area contributed by atoms with E-state index in [4.69, 9.17) is 9.47 Å². The first-order chi connectivity index (χ1) is 17.2. The van der Waals surface area contributed by atoms with E-state index < -0.39 is 0 Å². The van der Waals surface area contributed by atoms with Gasteiger partial charge in [-0.05, 0) is 48.9 Å². The highest BCUT2D eigenvalue weighted by Gasteiger charge is 2.19. The minimum Gasteiger partial charge on any atom is -0.497 e. The average Bonchev–Trinajstić information content (AvgIpc) is 3.33. The van der Waals surface area contributed by atoms with Crippen LogP contribution in [0.15, 0.2) is 90.1 Å². The van der Waals surface area contributed by atoms with Crippen molar-refractivity contribution in [2.75, 3.05) is 19.4 Å². The Morgan fingerprint density at radius 1 is 0.914 bits per heavy atom. The van der Waals surface area contributed by atoms with Gasteiger partial charge in [0.25, 0.3) is 0 Å². The highest BCUT2D eigenvalue weighted by atomic mass is 32.2. The normalized spacial score (nSPS) is 10.7. The lowest BCUT2D eigenvalue weighted by molar-refractivity contribution is -0.128. The molecule has 0 bridgehead atoms. The topological polar surface area (TPSA) is 69.5 Å². The molecule has 4 rings (SSSR count). The van der Waals surface area contributed by atoms with Gasteiger partial charge in [-0.25, -0.2) is 0 Å². The van der Waals surface area contributed by atoms with Crippen LogP contribution in [0.25, 0.3) is 5.69 Å². The summed E-state index contributed by atoms with van der Waals surface area (Å²) in [5.74, 6) is 2.45. The van der Waals surface area contributed by atoms with Crippen LogP contribution in [0.1, 0.15) is 18.3 Å². The molecular weight excluding hydrogens is 460 g/mol. The molecular formula is C27H28N4O3S. The van der Waals surface area contributed by atoms with E-state index >= 15 is 0 Å². The fraction of sp³-hybridized carbons (Fsp3) is 0.222. The van der Waals surface area contributed by atoms with Crippen molar-refractivity contribution in [1.82, 2.24) is 19.7 Å². The largest absolute Gasteiger partial charge is 0.497 e. The number of benzene rings is 3. The maximum Gasteiger partial charge on any atom is 0.233 e. The quantitative estimate of drug-likeness (QED) is 0.277. The van der Waals surface area contributed by atoms with Gasteiger partial charge in [-0.3, -0.25) is 9.36 Å². The summed E-state index contributed by atoms with van der Waals surface area (Å²) in [6.07, 6.45) is 0. The zero-order chi connectivity index (χ0) is 24.5. The summed E-state index contributed by atoms with van der Waals surface area (Å²) in [5, 5.41) is 9.39. The van der Waals surface area contributed by atoms with Crippen LogP contribution in [0.3, 0.4) is 0 Å². The van der Waals surface area contributed by atoms with E-state index in [1.165, 1.54) is 11.8 Å². The summed E-state index contributed by atoms with van der Waals surface area (Å²) in [6, 6.07) is 27.3. The zero-order valence-corrected chi connectivity index (χ0v) is 20.6. The Balaban J connectivity index is 1.47. The van der Waals surface area contributed by atoms with Gasteiger partial charge >= 0.3 is 0 Å². The smallest absolute Gasteiger partial charge is 0.233 e. The first-order valence-electron chi connectivity index (χ1n) is 11.4. The minimum atomic E-state index is 0.0556. The minimum absolute atomic E-state index is 0.0556. The molecule has 180 valence electrons. The first-order valence-corrected chi connectivity index (χ1v) is 12.4. The molecule has 0 unspecified atom stereocenters. The third kappa shape index (κ3) is 6.42. The zero-order valence-electron chi connectivity index (χ0n) is 19.8. The van der Waals surface area contributed by atoms with E-state index in [1.807, 2.05) is 101 Å². The van der Waals surface area contributed by atoms with Crippen LogP contribution in [-0.2, 0) is 17.9 Å². The van der Waals surface area contributed by atoms with Gasteiger partial charge in [0.05, 0.1) is 12.9 Å². The second kappa shape index (κ2) is 12.1. The molecule has 0 aliphatic heterocycles. The Morgan fingerprint density at radius 3 is 2.23 bits per heavy atom. The molecule has 0 saturated heterocycles.